The molecule has 2 N–H and O–H groups in total. The van der Waals surface area contributed by atoms with Crippen LogP contribution in [-0.4, -0.2) is 101 Å². The van der Waals surface area contributed by atoms with Crippen LogP contribution in [0.1, 0.15) is 84.3 Å². The van der Waals surface area contributed by atoms with Crippen molar-refractivity contribution in [3.05, 3.63) is 61.2 Å². The highest BCUT2D eigenvalue weighted by atomic mass is 16.6. The van der Waals surface area contributed by atoms with Crippen molar-refractivity contribution >= 4 is 23.7 Å². The summed E-state index contributed by atoms with van der Waals surface area (Å²) in [6.07, 6.45) is 5.66. The molecule has 276 valence electrons. The summed E-state index contributed by atoms with van der Waals surface area (Å²) < 4.78 is 18.5. The third-order valence-corrected chi connectivity index (χ3v) is 10.9. The predicted molar refractivity (Wildman–Crippen MR) is 190 cm³/mol. The molecule has 1 aromatic carbocycles. The van der Waals surface area contributed by atoms with Crippen molar-refractivity contribution in [1.29, 1.82) is 0 Å². The highest BCUT2D eigenvalue weighted by molar-refractivity contribution is 5.98. The number of likely N-dealkylation sites (tertiary alicyclic amines) is 1. The van der Waals surface area contributed by atoms with Gasteiger partial charge in [-0.15, -0.1) is 13.2 Å². The normalized spacial score (nSPS) is 26.8. The number of benzene rings is 1. The zero-order chi connectivity index (χ0) is 36.6. The van der Waals surface area contributed by atoms with Crippen molar-refractivity contribution in [1.82, 2.24) is 15.1 Å². The molecule has 0 aromatic heterocycles. The number of hydrogen-bond acceptors (Lipinski definition) is 8. The van der Waals surface area contributed by atoms with Crippen molar-refractivity contribution in [2.45, 2.75) is 115 Å². The molecule has 3 amide bonds. The van der Waals surface area contributed by atoms with Gasteiger partial charge in [-0.25, -0.2) is 0 Å². The van der Waals surface area contributed by atoms with E-state index in [4.69, 9.17) is 14.2 Å². The minimum absolute atomic E-state index is 0.0656. The molecule has 11 heteroatoms. The Kier molecular flexibility index (Phi) is 13.8. The fourth-order valence-corrected chi connectivity index (χ4v) is 8.29. The van der Waals surface area contributed by atoms with Gasteiger partial charge in [0.25, 0.3) is 0 Å². The van der Waals surface area contributed by atoms with Crippen LogP contribution in [0.4, 0.5) is 0 Å². The molecule has 0 aliphatic carbocycles. The Labute approximate surface area is 297 Å². The molecule has 10 atom stereocenters. The number of esters is 1. The van der Waals surface area contributed by atoms with Crippen LogP contribution in [-0.2, 0) is 33.4 Å². The molecular weight excluding hydrogens is 638 g/mol. The fraction of sp³-hybridized carbons (Fsp3) is 0.641. The lowest BCUT2D eigenvalue weighted by Crippen LogP contribution is -2.60. The zero-order valence-corrected chi connectivity index (χ0v) is 30.4. The molecule has 2 bridgehead atoms. The third kappa shape index (κ3) is 7.70. The molecule has 3 heterocycles. The van der Waals surface area contributed by atoms with Gasteiger partial charge in [-0.1, -0.05) is 76.1 Å². The Morgan fingerprint density at radius 1 is 1.18 bits per heavy atom. The molecule has 3 aliphatic rings. The summed E-state index contributed by atoms with van der Waals surface area (Å²) in [5.41, 5.74) is -0.609. The molecule has 11 nitrogen and oxygen atoms in total. The molecule has 1 aromatic rings. The topological polar surface area (TPSA) is 135 Å². The van der Waals surface area contributed by atoms with Crippen molar-refractivity contribution in [2.75, 3.05) is 26.9 Å². The summed E-state index contributed by atoms with van der Waals surface area (Å²) >= 11 is 0. The Bertz CT molecular complexity index is 1360. The highest BCUT2D eigenvalue weighted by Gasteiger charge is 2.76. The fourth-order valence-electron chi connectivity index (χ4n) is 8.29. The van der Waals surface area contributed by atoms with Crippen LogP contribution in [0.5, 0.6) is 0 Å². The first-order valence-electron chi connectivity index (χ1n) is 18.2. The smallest absolute Gasteiger partial charge is 0.313 e. The average molecular weight is 696 g/mol. The third-order valence-electron chi connectivity index (χ3n) is 10.9. The van der Waals surface area contributed by atoms with Gasteiger partial charge in [-0.3, -0.25) is 19.2 Å². The first-order chi connectivity index (χ1) is 24.0. The number of nitrogens with one attached hydrogen (secondary N) is 1. The Hall–Kier alpha value is -3.54. The number of aliphatic hydroxyl groups excluding tert-OH is 1. The lowest BCUT2D eigenvalue weighted by molar-refractivity contribution is -0.164. The van der Waals surface area contributed by atoms with E-state index >= 15 is 0 Å². The lowest BCUT2D eigenvalue weighted by Gasteiger charge is -2.42. The van der Waals surface area contributed by atoms with Crippen LogP contribution in [0.2, 0.25) is 0 Å². The molecule has 4 rings (SSSR count). The van der Waals surface area contributed by atoms with E-state index in [9.17, 15) is 24.3 Å². The Morgan fingerprint density at radius 2 is 1.90 bits per heavy atom. The summed E-state index contributed by atoms with van der Waals surface area (Å²) in [4.78, 5) is 60.3. The number of carbonyl (C=O) groups excluding carboxylic acids is 4. The largest absolute Gasteiger partial charge is 0.455 e. The van der Waals surface area contributed by atoms with Crippen molar-refractivity contribution < 1.29 is 38.5 Å². The van der Waals surface area contributed by atoms with Crippen LogP contribution in [0, 0.1) is 17.8 Å². The van der Waals surface area contributed by atoms with E-state index < -0.39 is 53.7 Å². The van der Waals surface area contributed by atoms with Gasteiger partial charge in [0.15, 0.2) is 0 Å². The number of nitrogens with zero attached hydrogens (tertiary/aromatic N) is 2. The van der Waals surface area contributed by atoms with Gasteiger partial charge in [0, 0.05) is 26.1 Å². The van der Waals surface area contributed by atoms with E-state index in [1.165, 1.54) is 7.11 Å². The maximum Gasteiger partial charge on any atom is 0.313 e. The average Bonchev–Trinajstić information content (AvgIpc) is 3.76. The predicted octanol–water partition coefficient (Wildman–Crippen LogP) is 4.35. The SMILES string of the molecule is C=CCCC(=O)N[C@H](COC)[C@H](OC(=O)[C@@H]1[C@@H]2CC[C@]3(O2)[C@H](C(=O)N(CC=C)C(C)CCC)N([C@@H](CO)[C@@H](C)CC)C(=O)[C@@H]13)c1ccccc1. The molecule has 50 heavy (non-hydrogen) atoms. The summed E-state index contributed by atoms with van der Waals surface area (Å²) in [5.74, 6) is -3.61. The first kappa shape index (κ1) is 39.2. The second kappa shape index (κ2) is 17.6. The van der Waals surface area contributed by atoms with E-state index in [1.807, 2.05) is 51.1 Å². The number of allylic oxidation sites excluding steroid dienone is 1. The van der Waals surface area contributed by atoms with E-state index in [0.717, 1.165) is 12.8 Å². The van der Waals surface area contributed by atoms with E-state index in [-0.39, 0.29) is 49.3 Å². The van der Waals surface area contributed by atoms with E-state index in [0.29, 0.717) is 37.8 Å². The summed E-state index contributed by atoms with van der Waals surface area (Å²) in [5, 5.41) is 13.7. The van der Waals surface area contributed by atoms with Crippen LogP contribution in [0.3, 0.4) is 0 Å². The van der Waals surface area contributed by atoms with Gasteiger partial charge in [0.05, 0.1) is 43.2 Å². The molecular formula is C39H57N3O8. The maximum absolute atomic E-state index is 14.8. The van der Waals surface area contributed by atoms with E-state index in [1.54, 1.807) is 22.0 Å². The summed E-state index contributed by atoms with van der Waals surface area (Å²) in [7, 11) is 1.51. The van der Waals surface area contributed by atoms with Crippen LogP contribution < -0.4 is 5.32 Å². The van der Waals surface area contributed by atoms with Gasteiger partial charge in [-0.2, -0.15) is 0 Å². The molecule has 3 aliphatic heterocycles. The number of aliphatic hydroxyl groups is 1. The van der Waals surface area contributed by atoms with Crippen molar-refractivity contribution in [2.24, 2.45) is 17.8 Å². The minimum atomic E-state index is -1.26. The lowest BCUT2D eigenvalue weighted by atomic mass is 9.70. The van der Waals surface area contributed by atoms with Gasteiger partial charge >= 0.3 is 5.97 Å². The highest BCUT2D eigenvalue weighted by Crippen LogP contribution is 2.59. The zero-order valence-electron chi connectivity index (χ0n) is 30.4. The van der Waals surface area contributed by atoms with Crippen LogP contribution >= 0.6 is 0 Å². The maximum atomic E-state index is 14.8. The monoisotopic (exact) mass is 695 g/mol. The number of ether oxygens (including phenoxy) is 3. The van der Waals surface area contributed by atoms with Crippen molar-refractivity contribution in [3.8, 4) is 0 Å². The Morgan fingerprint density at radius 3 is 2.50 bits per heavy atom. The second-order valence-corrected chi connectivity index (χ2v) is 14.1. The van der Waals surface area contributed by atoms with Crippen LogP contribution in [0.15, 0.2) is 55.6 Å². The first-order valence-corrected chi connectivity index (χ1v) is 18.2. The number of carbonyl (C=O) groups is 4. The number of rotatable bonds is 20. The van der Waals surface area contributed by atoms with Gasteiger partial charge in [0.2, 0.25) is 17.7 Å². The molecule has 0 radical (unpaired) electrons. The van der Waals surface area contributed by atoms with Crippen molar-refractivity contribution in [3.63, 3.8) is 0 Å². The molecule has 3 fully saturated rings. The summed E-state index contributed by atoms with van der Waals surface area (Å²) in [6.45, 7) is 15.6. The molecule has 3 saturated heterocycles. The van der Waals surface area contributed by atoms with E-state index in [2.05, 4.69) is 25.4 Å². The number of methoxy groups -OCH3 is 1. The summed E-state index contributed by atoms with van der Waals surface area (Å²) in [6, 6.07) is 6.60. The number of amides is 3. The second-order valence-electron chi connectivity index (χ2n) is 14.1. The minimum Gasteiger partial charge on any atom is -0.455 e. The number of fused-ring (bicyclic) bond motifs is 1. The molecule has 0 saturated carbocycles. The molecule has 1 spiro atoms. The van der Waals surface area contributed by atoms with Gasteiger partial charge < -0.3 is 34.4 Å². The quantitative estimate of drug-likeness (QED) is 0.152. The molecule has 1 unspecified atom stereocenters. The Balaban J connectivity index is 1.75. The van der Waals surface area contributed by atoms with Gasteiger partial charge in [-0.05, 0) is 44.1 Å². The number of hydrogen-bond donors (Lipinski definition) is 2. The van der Waals surface area contributed by atoms with Gasteiger partial charge in [0.1, 0.15) is 17.7 Å². The van der Waals surface area contributed by atoms with Crippen LogP contribution in [0.25, 0.3) is 0 Å². The standard InChI is InChI=1S/C39H57N3O8/c1-8-12-19-31(44)40-28(24-48-7)34(27-17-14-13-15-18-27)49-38(47)32-30-20-21-39(50-30)33(32)36(45)42(29(23-43)25(5)11-4)35(39)37(46)41(22-10-3)26(6)16-9-2/h8,10,13-15,17-18,25-26,28-30,32-35,43H,1,3,9,11-12,16,19-24H2,2,4-7H3,(H,40,44)/t25-,26?,28+,29-,30-,32+,33+,34+,35-,39+/m0/s1.